The highest BCUT2D eigenvalue weighted by Crippen LogP contribution is 2.49. The summed E-state index contributed by atoms with van der Waals surface area (Å²) in [6.07, 6.45) is 10.9. The van der Waals surface area contributed by atoms with Crippen LogP contribution in [0.1, 0.15) is 11.5 Å². The van der Waals surface area contributed by atoms with Gasteiger partial charge in [0.05, 0.1) is 22.8 Å². The molecule has 4 nitrogen and oxygen atoms in total. The summed E-state index contributed by atoms with van der Waals surface area (Å²) in [5.74, 6) is 0.968. The van der Waals surface area contributed by atoms with Gasteiger partial charge in [0, 0.05) is 39.8 Å². The molecule has 50 heavy (non-hydrogen) atoms. The molecule has 0 fully saturated rings. The highest BCUT2D eigenvalue weighted by molar-refractivity contribution is 6.10. The lowest BCUT2D eigenvalue weighted by atomic mass is 9.89. The van der Waals surface area contributed by atoms with Crippen LogP contribution in [-0.2, 0) is 0 Å². The van der Waals surface area contributed by atoms with Gasteiger partial charge in [0.1, 0.15) is 0 Å². The first-order valence-electron chi connectivity index (χ1n) is 17.2. The Morgan fingerprint density at radius 3 is 2.02 bits per heavy atom. The highest BCUT2D eigenvalue weighted by Gasteiger charge is 2.37. The summed E-state index contributed by atoms with van der Waals surface area (Å²) in [6, 6.07) is 54.4. The summed E-state index contributed by atoms with van der Waals surface area (Å²) >= 11 is 0. The maximum atomic E-state index is 5.11. The van der Waals surface area contributed by atoms with Gasteiger partial charge < -0.3 is 4.90 Å². The smallest absolute Gasteiger partial charge is 0.235 e. The zero-order chi connectivity index (χ0) is 33.0. The minimum Gasteiger partial charge on any atom is -0.333 e. The molecule has 6 aromatic carbocycles. The number of rotatable bonds is 5. The SMILES string of the molecule is C1=CC2c3cc(-c4ccc5c(c4)c4ccccc4n5-c4nccc(-c5ccc(-c6ccccc6)cc5)n4)ccc3N(c3ccccc3)C2C=C1. The van der Waals surface area contributed by atoms with Gasteiger partial charge in [-0.2, -0.15) is 0 Å². The van der Waals surface area contributed by atoms with Gasteiger partial charge in [-0.3, -0.25) is 4.57 Å². The Balaban J connectivity index is 1.05. The van der Waals surface area contributed by atoms with Gasteiger partial charge >= 0.3 is 0 Å². The summed E-state index contributed by atoms with van der Waals surface area (Å²) in [7, 11) is 0. The lowest BCUT2D eigenvalue weighted by Gasteiger charge is -2.28. The molecule has 0 bridgehead atoms. The molecule has 1 aliphatic carbocycles. The van der Waals surface area contributed by atoms with Crippen LogP contribution >= 0.6 is 0 Å². The first-order valence-corrected chi connectivity index (χ1v) is 17.2. The van der Waals surface area contributed by atoms with Crippen LogP contribution in [-0.4, -0.2) is 20.6 Å². The Labute approximate surface area is 290 Å². The van der Waals surface area contributed by atoms with Gasteiger partial charge in [-0.1, -0.05) is 127 Å². The maximum Gasteiger partial charge on any atom is 0.235 e. The van der Waals surface area contributed by atoms with E-state index in [1.54, 1.807) is 0 Å². The molecule has 2 atom stereocenters. The molecule has 2 aromatic heterocycles. The number of hydrogen-bond acceptors (Lipinski definition) is 3. The molecule has 3 heterocycles. The number of benzene rings is 6. The van der Waals surface area contributed by atoms with E-state index in [1.807, 2.05) is 18.3 Å². The van der Waals surface area contributed by atoms with E-state index in [9.17, 15) is 0 Å². The Morgan fingerprint density at radius 2 is 1.16 bits per heavy atom. The fraction of sp³-hybridized carbons (Fsp3) is 0.0435. The van der Waals surface area contributed by atoms with E-state index in [1.165, 1.54) is 50.0 Å². The number of para-hydroxylation sites is 2. The predicted octanol–water partition coefficient (Wildman–Crippen LogP) is 11.3. The van der Waals surface area contributed by atoms with Crippen LogP contribution < -0.4 is 4.90 Å². The van der Waals surface area contributed by atoms with Crippen LogP contribution in [0, 0.1) is 0 Å². The van der Waals surface area contributed by atoms with Crippen molar-refractivity contribution in [1.29, 1.82) is 0 Å². The third-order valence-electron chi connectivity index (χ3n) is 10.2. The van der Waals surface area contributed by atoms with Crippen molar-refractivity contribution in [3.05, 3.63) is 188 Å². The average molecular weight is 641 g/mol. The lowest BCUT2D eigenvalue weighted by molar-refractivity contribution is 0.745. The Bertz CT molecular complexity index is 2600. The third kappa shape index (κ3) is 4.61. The fourth-order valence-electron chi connectivity index (χ4n) is 7.86. The van der Waals surface area contributed by atoms with Crippen molar-refractivity contribution < 1.29 is 0 Å². The molecule has 0 N–H and O–H groups in total. The Morgan fingerprint density at radius 1 is 0.500 bits per heavy atom. The monoisotopic (exact) mass is 640 g/mol. The van der Waals surface area contributed by atoms with Crippen molar-refractivity contribution in [3.8, 4) is 39.5 Å². The van der Waals surface area contributed by atoms with Gasteiger partial charge in [0.25, 0.3) is 0 Å². The molecule has 236 valence electrons. The van der Waals surface area contributed by atoms with E-state index in [0.29, 0.717) is 11.9 Å². The molecule has 0 spiro atoms. The Kier molecular flexibility index (Phi) is 6.59. The van der Waals surface area contributed by atoms with E-state index in [-0.39, 0.29) is 6.04 Å². The van der Waals surface area contributed by atoms with Gasteiger partial charge in [-0.05, 0) is 76.3 Å². The van der Waals surface area contributed by atoms with Crippen molar-refractivity contribution >= 4 is 33.2 Å². The second-order valence-electron chi connectivity index (χ2n) is 13.0. The first-order chi connectivity index (χ1) is 24.8. The predicted molar refractivity (Wildman–Crippen MR) is 206 cm³/mol. The second kappa shape index (κ2) is 11.6. The molecule has 2 aliphatic rings. The molecule has 0 saturated carbocycles. The van der Waals surface area contributed by atoms with Crippen molar-refractivity contribution in [3.63, 3.8) is 0 Å². The third-order valence-corrected chi connectivity index (χ3v) is 10.2. The van der Waals surface area contributed by atoms with Crippen LogP contribution in [0.2, 0.25) is 0 Å². The van der Waals surface area contributed by atoms with Crippen LogP contribution in [0.4, 0.5) is 11.4 Å². The van der Waals surface area contributed by atoms with Crippen molar-refractivity contribution in [2.24, 2.45) is 0 Å². The summed E-state index contributed by atoms with van der Waals surface area (Å²) in [6.45, 7) is 0. The van der Waals surface area contributed by atoms with Crippen LogP contribution in [0.5, 0.6) is 0 Å². The van der Waals surface area contributed by atoms with E-state index in [0.717, 1.165) is 22.3 Å². The van der Waals surface area contributed by atoms with E-state index in [4.69, 9.17) is 9.97 Å². The Hall–Kier alpha value is -6.52. The molecule has 0 radical (unpaired) electrons. The lowest BCUT2D eigenvalue weighted by Crippen LogP contribution is -2.28. The minimum atomic E-state index is 0.269. The van der Waals surface area contributed by atoms with Crippen molar-refractivity contribution in [2.45, 2.75) is 12.0 Å². The zero-order valence-corrected chi connectivity index (χ0v) is 27.3. The molecule has 4 heteroatoms. The van der Waals surface area contributed by atoms with E-state index >= 15 is 0 Å². The van der Waals surface area contributed by atoms with Gasteiger partial charge in [0.2, 0.25) is 5.95 Å². The number of nitrogens with zero attached hydrogens (tertiary/aromatic N) is 4. The second-order valence-corrected chi connectivity index (χ2v) is 13.0. The van der Waals surface area contributed by atoms with Crippen LogP contribution in [0.25, 0.3) is 61.3 Å². The molecular weight excluding hydrogens is 609 g/mol. The summed E-state index contributed by atoms with van der Waals surface area (Å²) in [4.78, 5) is 12.4. The molecule has 0 saturated heterocycles. The van der Waals surface area contributed by atoms with Gasteiger partial charge in [-0.25, -0.2) is 9.97 Å². The fourth-order valence-corrected chi connectivity index (χ4v) is 7.86. The molecule has 10 rings (SSSR count). The van der Waals surface area contributed by atoms with E-state index in [2.05, 4.69) is 173 Å². The van der Waals surface area contributed by atoms with Crippen LogP contribution in [0.15, 0.2) is 182 Å². The zero-order valence-electron chi connectivity index (χ0n) is 27.3. The number of hydrogen-bond donors (Lipinski definition) is 0. The van der Waals surface area contributed by atoms with E-state index < -0.39 is 0 Å². The number of anilines is 2. The number of fused-ring (bicyclic) bond motifs is 6. The largest absolute Gasteiger partial charge is 0.333 e. The minimum absolute atomic E-state index is 0.269. The molecular formula is C46H32N4. The summed E-state index contributed by atoms with van der Waals surface area (Å²) in [5.41, 5.74) is 12.8. The normalized spacial score (nSPS) is 16.2. The number of aromatic nitrogens is 3. The average Bonchev–Trinajstić information content (AvgIpc) is 3.71. The summed E-state index contributed by atoms with van der Waals surface area (Å²) < 4.78 is 2.19. The van der Waals surface area contributed by atoms with Crippen molar-refractivity contribution in [2.75, 3.05) is 4.90 Å². The molecule has 0 amide bonds. The molecule has 8 aromatic rings. The topological polar surface area (TPSA) is 34.0 Å². The van der Waals surface area contributed by atoms with Crippen LogP contribution in [0.3, 0.4) is 0 Å². The van der Waals surface area contributed by atoms with Crippen molar-refractivity contribution in [1.82, 2.24) is 14.5 Å². The first kappa shape index (κ1) is 28.5. The standard InChI is InChI=1S/C46H32N4/c1-3-11-31(12-4-1)32-19-21-33(22-20-32)41-27-28-47-46(48-41)50-43-18-10-8-16-38(43)40-30-35(24-26-45(40)50)34-23-25-44-39(29-34)37-15-7-9-17-42(37)49(44)36-13-5-2-6-14-36/h1-30,37,42H. The van der Waals surface area contributed by atoms with Gasteiger partial charge in [0.15, 0.2) is 0 Å². The van der Waals surface area contributed by atoms with Gasteiger partial charge in [-0.15, -0.1) is 0 Å². The molecule has 1 aliphatic heterocycles. The summed E-state index contributed by atoms with van der Waals surface area (Å²) in [5, 5.41) is 2.37. The number of allylic oxidation sites excluding steroid dienone is 2. The highest BCUT2D eigenvalue weighted by atomic mass is 15.2. The quantitative estimate of drug-likeness (QED) is 0.188. The molecule has 2 unspecified atom stereocenters. The maximum absolute atomic E-state index is 5.11.